The number of aliphatic hydroxyl groups excluding tert-OH is 1. The Kier molecular flexibility index (Phi) is 4.94. The van der Waals surface area contributed by atoms with Crippen molar-refractivity contribution in [3.05, 3.63) is 28.3 Å². The number of benzene rings is 1. The van der Waals surface area contributed by atoms with Crippen LogP contribution < -0.4 is 9.64 Å². The molecule has 0 saturated heterocycles. The first-order valence-electron chi connectivity index (χ1n) is 6.48. The van der Waals surface area contributed by atoms with E-state index in [0.717, 1.165) is 0 Å². The van der Waals surface area contributed by atoms with E-state index in [9.17, 15) is 15.2 Å². The van der Waals surface area contributed by atoms with E-state index >= 15 is 0 Å². The van der Waals surface area contributed by atoms with Crippen molar-refractivity contribution in [3.8, 4) is 5.75 Å². The molecule has 0 aliphatic carbocycles. The third-order valence-electron chi connectivity index (χ3n) is 3.14. The van der Waals surface area contributed by atoms with Crippen LogP contribution >= 0.6 is 0 Å². The normalized spacial score (nSPS) is 11.6. The van der Waals surface area contributed by atoms with Crippen molar-refractivity contribution in [3.63, 3.8) is 0 Å². The Morgan fingerprint density at radius 2 is 2.00 bits per heavy atom. The van der Waals surface area contributed by atoms with Crippen molar-refractivity contribution >= 4 is 11.4 Å². The number of nitro groups is 1. The molecule has 6 nitrogen and oxygen atoms in total. The molecule has 0 radical (unpaired) electrons. The lowest BCUT2D eigenvalue weighted by Gasteiger charge is -2.35. The highest BCUT2D eigenvalue weighted by Gasteiger charge is 2.25. The highest BCUT2D eigenvalue weighted by atomic mass is 16.6. The van der Waals surface area contributed by atoms with Crippen LogP contribution in [-0.2, 0) is 0 Å². The second-order valence-corrected chi connectivity index (χ2v) is 5.64. The van der Waals surface area contributed by atoms with Crippen molar-refractivity contribution in [2.24, 2.45) is 0 Å². The first-order chi connectivity index (χ1) is 9.17. The molecule has 0 spiro atoms. The topological polar surface area (TPSA) is 75.8 Å². The molecule has 112 valence electrons. The Balaban J connectivity index is 3.24. The van der Waals surface area contributed by atoms with Crippen LogP contribution in [0.5, 0.6) is 5.75 Å². The molecule has 1 aromatic rings. The van der Waals surface area contributed by atoms with Gasteiger partial charge in [0.25, 0.3) is 5.69 Å². The predicted octanol–water partition coefficient (Wildman–Crippen LogP) is 2.59. The first-order valence-corrected chi connectivity index (χ1v) is 6.48. The van der Waals surface area contributed by atoms with E-state index in [-0.39, 0.29) is 18.4 Å². The van der Waals surface area contributed by atoms with Gasteiger partial charge in [0.05, 0.1) is 29.2 Å². The molecule has 0 fully saturated rings. The summed E-state index contributed by atoms with van der Waals surface area (Å²) in [5.41, 5.74) is 0.0808. The Hall–Kier alpha value is -1.82. The number of ether oxygens (including phenoxy) is 1. The summed E-state index contributed by atoms with van der Waals surface area (Å²) >= 11 is 0. The van der Waals surface area contributed by atoms with Crippen LogP contribution in [0.2, 0.25) is 0 Å². The number of anilines is 1. The molecular formula is C14H22N2O4. The number of nitrogens with zero attached hydrogens (tertiary/aromatic N) is 2. The number of rotatable bonds is 6. The summed E-state index contributed by atoms with van der Waals surface area (Å²) in [6.45, 7) is 7.37. The second kappa shape index (κ2) is 6.09. The molecule has 0 unspecified atom stereocenters. The quantitative estimate of drug-likeness (QED) is 0.641. The summed E-state index contributed by atoms with van der Waals surface area (Å²) in [7, 11) is 1.79. The second-order valence-electron chi connectivity index (χ2n) is 5.64. The highest BCUT2D eigenvalue weighted by molar-refractivity contribution is 5.59. The molecule has 0 aliphatic heterocycles. The summed E-state index contributed by atoms with van der Waals surface area (Å²) in [5, 5.41) is 20.4. The van der Waals surface area contributed by atoms with Crippen LogP contribution in [0.1, 0.15) is 27.7 Å². The van der Waals surface area contributed by atoms with Gasteiger partial charge in [-0.05, 0) is 27.7 Å². The van der Waals surface area contributed by atoms with Gasteiger partial charge in [-0.1, -0.05) is 0 Å². The highest BCUT2D eigenvalue weighted by Crippen LogP contribution is 2.31. The predicted molar refractivity (Wildman–Crippen MR) is 78.4 cm³/mol. The van der Waals surface area contributed by atoms with Gasteiger partial charge in [0.2, 0.25) is 0 Å². The molecule has 1 N–H and O–H groups in total. The van der Waals surface area contributed by atoms with Gasteiger partial charge in [-0.15, -0.1) is 0 Å². The molecule has 1 aromatic carbocycles. The SMILES string of the molecule is CC(C)Oc1cc(N(C)C(C)(C)CO)cc([N+](=O)[O-])c1. The Bertz CT molecular complexity index is 486. The number of hydrogen-bond acceptors (Lipinski definition) is 5. The summed E-state index contributed by atoms with van der Waals surface area (Å²) in [6, 6.07) is 4.62. The van der Waals surface area contributed by atoms with E-state index in [2.05, 4.69) is 0 Å². The van der Waals surface area contributed by atoms with Crippen LogP contribution in [0.4, 0.5) is 11.4 Å². The largest absolute Gasteiger partial charge is 0.491 e. The van der Waals surface area contributed by atoms with Crippen molar-refractivity contribution in [1.82, 2.24) is 0 Å². The zero-order chi connectivity index (χ0) is 15.5. The fraction of sp³-hybridized carbons (Fsp3) is 0.571. The molecule has 0 aliphatic rings. The molecule has 1 rings (SSSR count). The van der Waals surface area contributed by atoms with Gasteiger partial charge in [0, 0.05) is 24.9 Å². The Morgan fingerprint density at radius 3 is 2.45 bits per heavy atom. The Labute approximate surface area is 119 Å². The average Bonchev–Trinajstić information content (AvgIpc) is 2.36. The maximum absolute atomic E-state index is 11.0. The fourth-order valence-electron chi connectivity index (χ4n) is 1.66. The van der Waals surface area contributed by atoms with E-state index in [0.29, 0.717) is 11.4 Å². The number of non-ortho nitro benzene ring substituents is 1. The third-order valence-corrected chi connectivity index (χ3v) is 3.14. The molecular weight excluding hydrogens is 260 g/mol. The van der Waals surface area contributed by atoms with Crippen LogP contribution in [0.15, 0.2) is 18.2 Å². The zero-order valence-corrected chi connectivity index (χ0v) is 12.6. The Morgan fingerprint density at radius 1 is 1.40 bits per heavy atom. The molecule has 20 heavy (non-hydrogen) atoms. The summed E-state index contributed by atoms with van der Waals surface area (Å²) in [6.07, 6.45) is -0.0685. The van der Waals surface area contributed by atoms with E-state index in [1.165, 1.54) is 12.1 Å². The average molecular weight is 282 g/mol. The van der Waals surface area contributed by atoms with Gasteiger partial charge < -0.3 is 14.7 Å². The summed E-state index contributed by atoms with van der Waals surface area (Å²) in [5.74, 6) is 0.449. The van der Waals surface area contributed by atoms with Crippen molar-refractivity contribution in [1.29, 1.82) is 0 Å². The van der Waals surface area contributed by atoms with Gasteiger partial charge in [0.1, 0.15) is 5.75 Å². The lowest BCUT2D eigenvalue weighted by molar-refractivity contribution is -0.384. The lowest BCUT2D eigenvalue weighted by atomic mass is 10.0. The number of likely N-dealkylation sites (N-methyl/N-ethyl adjacent to an activating group) is 1. The van der Waals surface area contributed by atoms with E-state index in [1.54, 1.807) is 18.0 Å². The molecule has 6 heteroatoms. The van der Waals surface area contributed by atoms with Crippen LogP contribution in [0.25, 0.3) is 0 Å². The number of hydrogen-bond donors (Lipinski definition) is 1. The minimum atomic E-state index is -0.523. The van der Waals surface area contributed by atoms with Crippen LogP contribution in [-0.4, -0.2) is 35.3 Å². The molecule has 0 atom stereocenters. The minimum Gasteiger partial charge on any atom is -0.491 e. The van der Waals surface area contributed by atoms with Crippen LogP contribution in [0, 0.1) is 10.1 Å². The molecule has 0 amide bonds. The van der Waals surface area contributed by atoms with Crippen LogP contribution in [0.3, 0.4) is 0 Å². The summed E-state index contributed by atoms with van der Waals surface area (Å²) < 4.78 is 5.55. The smallest absolute Gasteiger partial charge is 0.275 e. The molecule has 0 bridgehead atoms. The summed E-state index contributed by atoms with van der Waals surface area (Å²) in [4.78, 5) is 12.4. The molecule has 0 heterocycles. The van der Waals surface area contributed by atoms with Gasteiger partial charge >= 0.3 is 0 Å². The van der Waals surface area contributed by atoms with E-state index in [1.807, 2.05) is 27.7 Å². The number of nitro benzene ring substituents is 1. The van der Waals surface area contributed by atoms with Gasteiger partial charge in [-0.25, -0.2) is 0 Å². The monoisotopic (exact) mass is 282 g/mol. The zero-order valence-electron chi connectivity index (χ0n) is 12.6. The molecule has 0 saturated carbocycles. The van der Waals surface area contributed by atoms with Gasteiger partial charge in [-0.2, -0.15) is 0 Å². The maximum Gasteiger partial charge on any atom is 0.275 e. The standard InChI is InChI=1S/C14H22N2O4/c1-10(2)20-13-7-11(6-12(8-13)16(18)19)15(5)14(3,4)9-17/h6-8,10,17H,9H2,1-5H3. The molecule has 0 aromatic heterocycles. The minimum absolute atomic E-state index is 0.0289. The maximum atomic E-state index is 11.0. The third kappa shape index (κ3) is 3.84. The number of aliphatic hydroxyl groups is 1. The van der Waals surface area contributed by atoms with Crippen molar-refractivity contribution in [2.45, 2.75) is 39.3 Å². The van der Waals surface area contributed by atoms with E-state index in [4.69, 9.17) is 4.74 Å². The lowest BCUT2D eigenvalue weighted by Crippen LogP contribution is -2.44. The fourth-order valence-corrected chi connectivity index (χ4v) is 1.66. The first kappa shape index (κ1) is 16.2. The van der Waals surface area contributed by atoms with Gasteiger partial charge in [0.15, 0.2) is 0 Å². The van der Waals surface area contributed by atoms with E-state index < -0.39 is 10.5 Å². The van der Waals surface area contributed by atoms with Gasteiger partial charge in [-0.3, -0.25) is 10.1 Å². The van der Waals surface area contributed by atoms with Crippen molar-refractivity contribution < 1.29 is 14.8 Å². The van der Waals surface area contributed by atoms with Crippen molar-refractivity contribution in [2.75, 3.05) is 18.6 Å².